The van der Waals surface area contributed by atoms with Gasteiger partial charge < -0.3 is 14.1 Å². The first kappa shape index (κ1) is 13.3. The molecule has 0 aromatic carbocycles. The van der Waals surface area contributed by atoms with Crippen molar-refractivity contribution in [2.75, 3.05) is 19.8 Å². The minimum Gasteiger partial charge on any atom is -0.423 e. The van der Waals surface area contributed by atoms with E-state index in [2.05, 4.69) is 10.2 Å². The summed E-state index contributed by atoms with van der Waals surface area (Å²) < 4.78 is 10.9. The highest BCUT2D eigenvalue weighted by Gasteiger charge is 2.33. The molecule has 1 aliphatic heterocycles. The Kier molecular flexibility index (Phi) is 3.54. The number of amides is 1. The van der Waals surface area contributed by atoms with Crippen molar-refractivity contribution in [3.05, 3.63) is 33.7 Å². The molecule has 2 aromatic rings. The molecule has 0 unspecified atom stereocenters. The molecular formula is C13H15N3O3S. The number of carbonyl (C=O) groups excluding carboxylic acids is 1. The van der Waals surface area contributed by atoms with Gasteiger partial charge in [0.25, 0.3) is 5.91 Å². The zero-order valence-electron chi connectivity index (χ0n) is 11.3. The van der Waals surface area contributed by atoms with Crippen LogP contribution in [-0.4, -0.2) is 40.8 Å². The van der Waals surface area contributed by atoms with E-state index in [0.29, 0.717) is 31.5 Å². The zero-order valence-corrected chi connectivity index (χ0v) is 12.1. The molecule has 1 fully saturated rings. The third-order valence-electron chi connectivity index (χ3n) is 3.30. The average molecular weight is 293 g/mol. The summed E-state index contributed by atoms with van der Waals surface area (Å²) in [5, 5.41) is 11.7. The second-order valence-corrected chi connectivity index (χ2v) is 5.46. The van der Waals surface area contributed by atoms with E-state index in [-0.39, 0.29) is 11.9 Å². The molecule has 3 heterocycles. The number of thiophene rings is 1. The molecule has 0 N–H and O–H groups in total. The molecule has 106 valence electrons. The van der Waals surface area contributed by atoms with Crippen molar-refractivity contribution in [3.8, 4) is 0 Å². The third-order valence-corrected chi connectivity index (χ3v) is 4.16. The van der Waals surface area contributed by atoms with Crippen LogP contribution in [0.25, 0.3) is 0 Å². The van der Waals surface area contributed by atoms with Crippen LogP contribution in [0.5, 0.6) is 0 Å². The van der Waals surface area contributed by atoms with Gasteiger partial charge >= 0.3 is 0 Å². The molecule has 1 atom stereocenters. The molecule has 3 rings (SSSR count). The van der Waals surface area contributed by atoms with Gasteiger partial charge in [-0.15, -0.1) is 10.2 Å². The largest absolute Gasteiger partial charge is 0.423 e. The molecule has 1 saturated heterocycles. The van der Waals surface area contributed by atoms with Crippen molar-refractivity contribution in [2.24, 2.45) is 0 Å². The van der Waals surface area contributed by atoms with Crippen LogP contribution >= 0.6 is 11.3 Å². The smallest absolute Gasteiger partial charge is 0.255 e. The van der Waals surface area contributed by atoms with Gasteiger partial charge in [-0.3, -0.25) is 4.79 Å². The van der Waals surface area contributed by atoms with Crippen molar-refractivity contribution >= 4 is 17.2 Å². The number of nitrogens with zero attached hydrogens (tertiary/aromatic N) is 3. The summed E-state index contributed by atoms with van der Waals surface area (Å²) in [7, 11) is 0. The van der Waals surface area contributed by atoms with Crippen molar-refractivity contribution in [3.63, 3.8) is 0 Å². The molecule has 6 nitrogen and oxygen atoms in total. The summed E-state index contributed by atoms with van der Waals surface area (Å²) in [5.74, 6) is 0.918. The first-order chi connectivity index (χ1) is 9.66. The van der Waals surface area contributed by atoms with Gasteiger partial charge in [0, 0.05) is 18.8 Å². The lowest BCUT2D eigenvalue weighted by atomic mass is 10.1. The van der Waals surface area contributed by atoms with Crippen LogP contribution in [0.2, 0.25) is 0 Å². The molecule has 2 aromatic heterocycles. The molecule has 0 radical (unpaired) electrons. The minimum absolute atomic E-state index is 0.00657. The van der Waals surface area contributed by atoms with E-state index in [9.17, 15) is 4.79 Å². The standard InChI is InChI=1S/C13H15N3O3S/c1-8-6-20-7-10(8)13(17)16-3-4-18-5-11(16)12-15-14-9(2)19-12/h6-7,11H,3-5H2,1-2H3/t11-/m0/s1. The first-order valence-electron chi connectivity index (χ1n) is 6.38. The number of carbonyl (C=O) groups is 1. The maximum atomic E-state index is 12.7. The monoisotopic (exact) mass is 293 g/mol. The van der Waals surface area contributed by atoms with Crippen LogP contribution in [0.3, 0.4) is 0 Å². The zero-order chi connectivity index (χ0) is 14.1. The maximum Gasteiger partial charge on any atom is 0.255 e. The van der Waals surface area contributed by atoms with Crippen molar-refractivity contribution in [1.82, 2.24) is 15.1 Å². The van der Waals surface area contributed by atoms with Crippen molar-refractivity contribution in [1.29, 1.82) is 0 Å². The molecule has 0 saturated carbocycles. The number of aryl methyl sites for hydroxylation is 2. The Morgan fingerprint density at radius 2 is 2.25 bits per heavy atom. The lowest BCUT2D eigenvalue weighted by Gasteiger charge is -2.33. The summed E-state index contributed by atoms with van der Waals surface area (Å²) in [6, 6.07) is -0.309. The van der Waals surface area contributed by atoms with Crippen LogP contribution in [0.4, 0.5) is 0 Å². The number of aromatic nitrogens is 2. The summed E-state index contributed by atoms with van der Waals surface area (Å²) >= 11 is 1.53. The number of hydrogen-bond acceptors (Lipinski definition) is 6. The normalized spacial score (nSPS) is 19.3. The molecule has 0 aliphatic carbocycles. The quantitative estimate of drug-likeness (QED) is 0.846. The third kappa shape index (κ3) is 2.34. The Morgan fingerprint density at radius 1 is 1.40 bits per heavy atom. The summed E-state index contributed by atoms with van der Waals surface area (Å²) in [5.41, 5.74) is 1.73. The lowest BCUT2D eigenvalue weighted by Crippen LogP contribution is -2.43. The van der Waals surface area contributed by atoms with Crippen molar-refractivity contribution < 1.29 is 13.9 Å². The maximum absolute atomic E-state index is 12.7. The molecule has 20 heavy (non-hydrogen) atoms. The predicted octanol–water partition coefficient (Wildman–Crippen LogP) is 1.96. The number of hydrogen-bond donors (Lipinski definition) is 0. The summed E-state index contributed by atoms with van der Waals surface area (Å²) in [6.07, 6.45) is 0. The van der Waals surface area contributed by atoms with Crippen LogP contribution in [0.1, 0.15) is 33.7 Å². The van der Waals surface area contributed by atoms with Gasteiger partial charge in [0.2, 0.25) is 11.8 Å². The fourth-order valence-electron chi connectivity index (χ4n) is 2.23. The number of morpholine rings is 1. The van der Waals surface area contributed by atoms with Crippen LogP contribution in [-0.2, 0) is 4.74 Å². The highest BCUT2D eigenvalue weighted by molar-refractivity contribution is 7.08. The SMILES string of the molecule is Cc1nnc([C@@H]2COCCN2C(=O)c2cscc2C)o1. The Hall–Kier alpha value is -1.73. The second-order valence-electron chi connectivity index (χ2n) is 4.72. The summed E-state index contributed by atoms with van der Waals surface area (Å²) in [6.45, 7) is 5.11. The first-order valence-corrected chi connectivity index (χ1v) is 7.32. The van der Waals surface area contributed by atoms with E-state index in [0.717, 1.165) is 11.1 Å². The van der Waals surface area contributed by atoms with Gasteiger partial charge in [-0.05, 0) is 17.9 Å². The van der Waals surface area contributed by atoms with Crippen LogP contribution in [0, 0.1) is 13.8 Å². The minimum atomic E-state index is -0.309. The fraction of sp³-hybridized carbons (Fsp3) is 0.462. The van der Waals surface area contributed by atoms with Crippen LogP contribution in [0.15, 0.2) is 15.2 Å². The Labute approximate surface area is 120 Å². The predicted molar refractivity (Wildman–Crippen MR) is 72.7 cm³/mol. The average Bonchev–Trinajstić information content (AvgIpc) is 3.07. The van der Waals surface area contributed by atoms with Crippen LogP contribution < -0.4 is 0 Å². The van der Waals surface area contributed by atoms with Gasteiger partial charge in [0.1, 0.15) is 6.04 Å². The molecule has 7 heteroatoms. The van der Waals surface area contributed by atoms with E-state index >= 15 is 0 Å². The molecule has 0 spiro atoms. The van der Waals surface area contributed by atoms with Gasteiger partial charge in [0.15, 0.2) is 0 Å². The van der Waals surface area contributed by atoms with Crippen molar-refractivity contribution in [2.45, 2.75) is 19.9 Å². The highest BCUT2D eigenvalue weighted by Crippen LogP contribution is 2.26. The Bertz CT molecular complexity index is 622. The van der Waals surface area contributed by atoms with Gasteiger partial charge in [-0.2, -0.15) is 11.3 Å². The number of rotatable bonds is 2. The molecular weight excluding hydrogens is 278 g/mol. The molecule has 1 aliphatic rings. The fourth-order valence-corrected chi connectivity index (χ4v) is 3.05. The summed E-state index contributed by atoms with van der Waals surface area (Å²) in [4.78, 5) is 14.4. The van der Waals surface area contributed by atoms with E-state index in [1.54, 1.807) is 11.8 Å². The van der Waals surface area contributed by atoms with Gasteiger partial charge in [-0.25, -0.2) is 0 Å². The topological polar surface area (TPSA) is 68.5 Å². The lowest BCUT2D eigenvalue weighted by molar-refractivity contribution is -0.0106. The van der Waals surface area contributed by atoms with Gasteiger partial charge in [0.05, 0.1) is 18.8 Å². The molecule has 1 amide bonds. The molecule has 0 bridgehead atoms. The highest BCUT2D eigenvalue weighted by atomic mass is 32.1. The Morgan fingerprint density at radius 3 is 2.90 bits per heavy atom. The van der Waals surface area contributed by atoms with Gasteiger partial charge in [-0.1, -0.05) is 0 Å². The van der Waals surface area contributed by atoms with E-state index in [1.165, 1.54) is 11.3 Å². The van der Waals surface area contributed by atoms with E-state index in [1.807, 2.05) is 17.7 Å². The number of ether oxygens (including phenoxy) is 1. The van der Waals surface area contributed by atoms with E-state index < -0.39 is 0 Å². The second kappa shape index (κ2) is 5.34. The Balaban J connectivity index is 1.89. The van der Waals surface area contributed by atoms with E-state index in [4.69, 9.17) is 9.15 Å².